The Labute approximate surface area is 144 Å². The molecule has 1 aliphatic rings. The molecule has 2 aromatic carbocycles. The topological polar surface area (TPSA) is 37.4 Å². The maximum atomic E-state index is 13.1. The predicted molar refractivity (Wildman–Crippen MR) is 95.4 cm³/mol. The van der Waals surface area contributed by atoms with Gasteiger partial charge in [-0.3, -0.25) is 9.59 Å². The van der Waals surface area contributed by atoms with Crippen molar-refractivity contribution < 1.29 is 14.0 Å². The quantitative estimate of drug-likeness (QED) is 0.715. The molecule has 0 N–H and O–H groups in total. The summed E-state index contributed by atoms with van der Waals surface area (Å²) in [5.41, 5.74) is 3.93. The summed E-state index contributed by atoms with van der Waals surface area (Å²) in [5, 5.41) is -0.315. The van der Waals surface area contributed by atoms with Crippen LogP contribution < -0.4 is 4.90 Å². The molecule has 2 aromatic rings. The average molecular weight is 341 g/mol. The van der Waals surface area contributed by atoms with Crippen LogP contribution in [0.25, 0.3) is 5.57 Å². The number of thioether (sulfide) groups is 1. The molecule has 1 saturated heterocycles. The third-order valence-corrected chi connectivity index (χ3v) is 5.25. The lowest BCUT2D eigenvalue weighted by Crippen LogP contribution is -2.28. The van der Waals surface area contributed by atoms with Gasteiger partial charge in [-0.05, 0) is 73.0 Å². The second kappa shape index (κ2) is 6.24. The number of carbonyl (C=O) groups is 2. The number of rotatable bonds is 2. The zero-order valence-corrected chi connectivity index (χ0v) is 14.4. The lowest BCUT2D eigenvalue weighted by Gasteiger charge is -2.16. The van der Waals surface area contributed by atoms with Gasteiger partial charge in [0.15, 0.2) is 0 Å². The highest BCUT2D eigenvalue weighted by Gasteiger charge is 2.38. The number of nitrogens with zero attached hydrogens (tertiary/aromatic N) is 1. The molecule has 0 aliphatic carbocycles. The Bertz CT molecular complexity index is 871. The summed E-state index contributed by atoms with van der Waals surface area (Å²) in [6.07, 6.45) is 0. The van der Waals surface area contributed by atoms with Gasteiger partial charge in [-0.25, -0.2) is 9.29 Å². The molecule has 1 heterocycles. The van der Waals surface area contributed by atoms with E-state index in [4.69, 9.17) is 0 Å². The predicted octanol–water partition coefficient (Wildman–Crippen LogP) is 5.07. The fraction of sp³-hybridized carbons (Fsp3) is 0.158. The van der Waals surface area contributed by atoms with Crippen LogP contribution in [0.1, 0.15) is 23.6 Å². The molecular formula is C19H16FNO2S. The molecule has 2 amide bonds. The third-order valence-electron chi connectivity index (χ3n) is 4.20. The first-order chi connectivity index (χ1) is 11.4. The van der Waals surface area contributed by atoms with Crippen molar-refractivity contribution in [3.05, 3.63) is 69.9 Å². The number of carbonyl (C=O) groups excluding carboxylic acids is 2. The molecule has 24 heavy (non-hydrogen) atoms. The Morgan fingerprint density at radius 1 is 1.04 bits per heavy atom. The van der Waals surface area contributed by atoms with Crippen molar-refractivity contribution >= 4 is 34.2 Å². The summed E-state index contributed by atoms with van der Waals surface area (Å²) in [5.74, 6) is -0.671. The Kier molecular flexibility index (Phi) is 4.28. The van der Waals surface area contributed by atoms with Gasteiger partial charge in [0.25, 0.3) is 11.1 Å². The number of halogens is 1. The van der Waals surface area contributed by atoms with Gasteiger partial charge >= 0.3 is 0 Å². The minimum atomic E-state index is -0.338. The van der Waals surface area contributed by atoms with Crippen molar-refractivity contribution in [3.8, 4) is 0 Å². The molecule has 5 heteroatoms. The first-order valence-corrected chi connectivity index (χ1v) is 8.31. The summed E-state index contributed by atoms with van der Waals surface area (Å²) >= 11 is 0.922. The van der Waals surface area contributed by atoms with Gasteiger partial charge in [0.05, 0.1) is 10.6 Å². The zero-order valence-electron chi connectivity index (χ0n) is 13.6. The van der Waals surface area contributed by atoms with Crippen molar-refractivity contribution in [2.75, 3.05) is 4.90 Å². The van der Waals surface area contributed by atoms with E-state index in [2.05, 4.69) is 0 Å². The summed E-state index contributed by atoms with van der Waals surface area (Å²) in [7, 11) is 0. The molecule has 0 saturated carbocycles. The molecule has 0 spiro atoms. The number of anilines is 1. The van der Waals surface area contributed by atoms with Gasteiger partial charge in [0.1, 0.15) is 5.82 Å². The van der Waals surface area contributed by atoms with Gasteiger partial charge in [0, 0.05) is 0 Å². The van der Waals surface area contributed by atoms with Gasteiger partial charge in [0.2, 0.25) is 0 Å². The molecule has 0 radical (unpaired) electrons. The molecular weight excluding hydrogens is 325 g/mol. The molecule has 0 atom stereocenters. The van der Waals surface area contributed by atoms with Crippen LogP contribution in [0.15, 0.2) is 47.4 Å². The monoisotopic (exact) mass is 341 g/mol. The van der Waals surface area contributed by atoms with E-state index in [1.165, 1.54) is 17.0 Å². The Morgan fingerprint density at radius 2 is 1.71 bits per heavy atom. The molecule has 3 rings (SSSR count). The highest BCUT2D eigenvalue weighted by Crippen LogP contribution is 2.40. The van der Waals surface area contributed by atoms with Gasteiger partial charge in [-0.15, -0.1) is 0 Å². The lowest BCUT2D eigenvalue weighted by atomic mass is 10.1. The van der Waals surface area contributed by atoms with Crippen LogP contribution in [-0.2, 0) is 4.79 Å². The molecule has 0 aromatic heterocycles. The molecule has 122 valence electrons. The smallest absolute Gasteiger partial charge is 0.268 e. The maximum Gasteiger partial charge on any atom is 0.298 e. The third kappa shape index (κ3) is 2.76. The first-order valence-electron chi connectivity index (χ1n) is 7.49. The Morgan fingerprint density at radius 3 is 2.38 bits per heavy atom. The van der Waals surface area contributed by atoms with E-state index in [0.29, 0.717) is 16.2 Å². The minimum Gasteiger partial charge on any atom is -0.268 e. The van der Waals surface area contributed by atoms with E-state index in [9.17, 15) is 14.0 Å². The van der Waals surface area contributed by atoms with Crippen molar-refractivity contribution in [1.82, 2.24) is 0 Å². The second-order valence-corrected chi connectivity index (χ2v) is 6.65. The van der Waals surface area contributed by atoms with Crippen LogP contribution in [0.4, 0.5) is 14.9 Å². The highest BCUT2D eigenvalue weighted by atomic mass is 32.2. The van der Waals surface area contributed by atoms with Crippen molar-refractivity contribution in [3.63, 3.8) is 0 Å². The highest BCUT2D eigenvalue weighted by molar-refractivity contribution is 8.19. The SMILES string of the molecule is C/C(=C1/SC(=O)N(c2cccc(C)c2C)C1=O)c1ccc(F)cc1. The van der Waals surface area contributed by atoms with E-state index >= 15 is 0 Å². The van der Waals surface area contributed by atoms with Crippen LogP contribution in [0.3, 0.4) is 0 Å². The second-order valence-electron chi connectivity index (χ2n) is 5.69. The fourth-order valence-electron chi connectivity index (χ4n) is 2.61. The molecule has 1 fully saturated rings. The normalized spacial score (nSPS) is 16.8. The van der Waals surface area contributed by atoms with Crippen molar-refractivity contribution in [2.45, 2.75) is 20.8 Å². The van der Waals surface area contributed by atoms with E-state index in [0.717, 1.165) is 28.5 Å². The fourth-order valence-corrected chi connectivity index (χ4v) is 3.51. The summed E-state index contributed by atoms with van der Waals surface area (Å²) in [4.78, 5) is 26.8. The maximum absolute atomic E-state index is 13.1. The standard InChI is InChI=1S/C19H16FNO2S/c1-11-5-4-6-16(12(11)2)21-18(22)17(24-19(21)23)13(3)14-7-9-15(20)10-8-14/h4-10H,1-3H3/b17-13-. The van der Waals surface area contributed by atoms with Crippen LogP contribution in [0, 0.1) is 19.7 Å². The van der Waals surface area contributed by atoms with Crippen LogP contribution in [0.2, 0.25) is 0 Å². The Balaban J connectivity index is 2.04. The van der Waals surface area contributed by atoms with Crippen LogP contribution in [0.5, 0.6) is 0 Å². The number of hydrogen-bond donors (Lipinski definition) is 0. The van der Waals surface area contributed by atoms with E-state index in [-0.39, 0.29) is 17.0 Å². The zero-order chi connectivity index (χ0) is 17.4. The van der Waals surface area contributed by atoms with Crippen LogP contribution >= 0.6 is 11.8 Å². The molecule has 0 bridgehead atoms. The van der Waals surface area contributed by atoms with Gasteiger partial charge < -0.3 is 0 Å². The summed E-state index contributed by atoms with van der Waals surface area (Å²) in [6.45, 7) is 5.61. The number of benzene rings is 2. The largest absolute Gasteiger partial charge is 0.298 e. The number of hydrogen-bond acceptors (Lipinski definition) is 3. The van der Waals surface area contributed by atoms with E-state index in [1.807, 2.05) is 26.0 Å². The van der Waals surface area contributed by atoms with Crippen LogP contribution in [-0.4, -0.2) is 11.1 Å². The van der Waals surface area contributed by atoms with E-state index in [1.54, 1.807) is 25.1 Å². The molecule has 1 aliphatic heterocycles. The summed E-state index contributed by atoms with van der Waals surface area (Å²) < 4.78 is 13.1. The average Bonchev–Trinajstić information content (AvgIpc) is 2.85. The minimum absolute atomic E-state index is 0.315. The first kappa shape index (κ1) is 16.5. The van der Waals surface area contributed by atoms with Crippen molar-refractivity contribution in [1.29, 1.82) is 0 Å². The molecule has 0 unspecified atom stereocenters. The van der Waals surface area contributed by atoms with Gasteiger partial charge in [-0.1, -0.05) is 24.3 Å². The van der Waals surface area contributed by atoms with E-state index < -0.39 is 0 Å². The Hall–Kier alpha value is -2.40. The number of allylic oxidation sites excluding steroid dienone is 1. The van der Waals surface area contributed by atoms with Gasteiger partial charge in [-0.2, -0.15) is 0 Å². The summed E-state index contributed by atoms with van der Waals surface area (Å²) in [6, 6.07) is 11.4. The number of amides is 2. The number of imide groups is 1. The molecule has 3 nitrogen and oxygen atoms in total. The lowest BCUT2D eigenvalue weighted by molar-refractivity contribution is -0.113. The van der Waals surface area contributed by atoms with Crippen molar-refractivity contribution in [2.24, 2.45) is 0 Å². The number of aryl methyl sites for hydroxylation is 1.